The molecule has 23 heavy (non-hydrogen) atoms. The van der Waals surface area contributed by atoms with Crippen LogP contribution in [-0.2, 0) is 4.79 Å². The van der Waals surface area contributed by atoms with Crippen LogP contribution < -0.4 is 5.73 Å². The molecule has 138 valence electrons. The molecule has 0 aromatic rings. The van der Waals surface area contributed by atoms with Crippen LogP contribution in [0.4, 0.5) is 4.39 Å². The van der Waals surface area contributed by atoms with E-state index in [9.17, 15) is 14.3 Å². The maximum absolute atomic E-state index is 13.0. The lowest BCUT2D eigenvalue weighted by Crippen LogP contribution is -2.50. The molecule has 1 aliphatic rings. The zero-order valence-electron chi connectivity index (χ0n) is 13.2. The predicted molar refractivity (Wildman–Crippen MR) is 93.1 cm³/mol. The monoisotopic (exact) mass is 376 g/mol. The summed E-state index contributed by atoms with van der Waals surface area (Å²) in [5, 5.41) is 26.8. The number of alkyl halides is 1. The van der Waals surface area contributed by atoms with Crippen molar-refractivity contribution in [1.29, 1.82) is 0 Å². The summed E-state index contributed by atoms with van der Waals surface area (Å²) in [7, 11) is -1.36. The zero-order valence-corrected chi connectivity index (χ0v) is 14.8. The number of halogens is 3. The maximum atomic E-state index is 13.0. The number of likely N-dealkylation sites (tertiary alicyclic amines) is 1. The molecule has 0 spiro atoms. The Hall–Kier alpha value is -0.115. The second-order valence-electron chi connectivity index (χ2n) is 5.95. The van der Waals surface area contributed by atoms with E-state index in [2.05, 4.69) is 4.90 Å². The number of nitrogens with two attached hydrogens (primary N) is 1. The summed E-state index contributed by atoms with van der Waals surface area (Å²) in [6.45, 7) is 1.85. The van der Waals surface area contributed by atoms with Crippen molar-refractivity contribution in [2.75, 3.05) is 19.6 Å². The van der Waals surface area contributed by atoms with Crippen molar-refractivity contribution in [3.05, 3.63) is 0 Å². The number of nitrogens with zero attached hydrogens (tertiary/aromatic N) is 1. The predicted octanol–water partition coefficient (Wildman–Crippen LogP) is 1.08. The van der Waals surface area contributed by atoms with E-state index in [0.29, 0.717) is 58.2 Å². The molecule has 1 fully saturated rings. The minimum atomic E-state index is -1.36. The van der Waals surface area contributed by atoms with Gasteiger partial charge >= 0.3 is 13.1 Å². The molecule has 0 aliphatic carbocycles. The van der Waals surface area contributed by atoms with Crippen LogP contribution >= 0.6 is 24.8 Å². The van der Waals surface area contributed by atoms with E-state index < -0.39 is 24.8 Å². The highest BCUT2D eigenvalue weighted by atomic mass is 35.5. The van der Waals surface area contributed by atoms with Crippen molar-refractivity contribution in [2.24, 2.45) is 5.73 Å². The topological polar surface area (TPSA) is 107 Å². The average molecular weight is 377 g/mol. The van der Waals surface area contributed by atoms with Gasteiger partial charge in [-0.2, -0.15) is 0 Å². The Morgan fingerprint density at radius 2 is 1.78 bits per heavy atom. The summed E-state index contributed by atoms with van der Waals surface area (Å²) in [5.74, 6) is -1.03. The largest absolute Gasteiger partial charge is 0.480 e. The molecular weight excluding hydrogens is 349 g/mol. The lowest BCUT2D eigenvalue weighted by molar-refractivity contribution is -0.144. The van der Waals surface area contributed by atoms with Gasteiger partial charge < -0.3 is 25.8 Å². The van der Waals surface area contributed by atoms with Gasteiger partial charge in [0, 0.05) is 19.6 Å². The lowest BCUT2D eigenvalue weighted by Gasteiger charge is -2.32. The summed E-state index contributed by atoms with van der Waals surface area (Å²) in [6.07, 6.45) is 2.16. The van der Waals surface area contributed by atoms with Crippen LogP contribution in [0.25, 0.3) is 0 Å². The quantitative estimate of drug-likeness (QED) is 0.354. The van der Waals surface area contributed by atoms with E-state index in [0.717, 1.165) is 0 Å². The number of piperidine rings is 1. The Morgan fingerprint density at radius 1 is 1.22 bits per heavy atom. The first-order valence-electron chi connectivity index (χ1n) is 7.58. The van der Waals surface area contributed by atoms with Crippen LogP contribution in [0.3, 0.4) is 0 Å². The van der Waals surface area contributed by atoms with Crippen molar-refractivity contribution in [2.45, 2.75) is 56.6 Å². The van der Waals surface area contributed by atoms with Gasteiger partial charge in [-0.15, -0.1) is 24.8 Å². The van der Waals surface area contributed by atoms with E-state index in [-0.39, 0.29) is 31.1 Å². The lowest BCUT2D eigenvalue weighted by atomic mass is 9.81. The van der Waals surface area contributed by atoms with Crippen LogP contribution in [0.15, 0.2) is 0 Å². The molecule has 1 atom stereocenters. The van der Waals surface area contributed by atoms with Gasteiger partial charge in [0.15, 0.2) is 0 Å². The molecule has 1 heterocycles. The third-order valence-corrected chi connectivity index (χ3v) is 4.15. The highest BCUT2D eigenvalue weighted by Crippen LogP contribution is 2.20. The highest BCUT2D eigenvalue weighted by molar-refractivity contribution is 6.40. The average Bonchev–Trinajstić information content (AvgIpc) is 2.42. The van der Waals surface area contributed by atoms with Gasteiger partial charge in [-0.3, -0.25) is 4.79 Å². The number of hydrogen-bond donors (Lipinski definition) is 4. The number of carboxylic acid groups (broad SMARTS) is 1. The molecule has 1 saturated heterocycles. The molecule has 1 rings (SSSR count). The van der Waals surface area contributed by atoms with Crippen molar-refractivity contribution in [3.8, 4) is 0 Å². The number of carbonyl (C=O) groups is 1. The van der Waals surface area contributed by atoms with Gasteiger partial charge in [0.25, 0.3) is 0 Å². The second kappa shape index (κ2) is 12.3. The molecule has 1 aliphatic heterocycles. The minimum Gasteiger partial charge on any atom is -0.480 e. The van der Waals surface area contributed by atoms with Gasteiger partial charge in [0.05, 0.1) is 0 Å². The van der Waals surface area contributed by atoms with Crippen LogP contribution in [0.1, 0.15) is 38.5 Å². The molecule has 0 aromatic heterocycles. The smallest absolute Gasteiger partial charge is 0.451 e. The van der Waals surface area contributed by atoms with Gasteiger partial charge in [-0.25, -0.2) is 4.39 Å². The number of aliphatic carboxylic acids is 1. The van der Waals surface area contributed by atoms with E-state index in [1.807, 2.05) is 0 Å². The second-order valence-corrected chi connectivity index (χ2v) is 5.95. The first kappa shape index (κ1) is 25.1. The summed E-state index contributed by atoms with van der Waals surface area (Å²) in [4.78, 5) is 13.4. The van der Waals surface area contributed by atoms with Gasteiger partial charge in [0.2, 0.25) is 0 Å². The van der Waals surface area contributed by atoms with E-state index in [1.54, 1.807) is 0 Å². The first-order chi connectivity index (χ1) is 9.83. The Labute approximate surface area is 149 Å². The highest BCUT2D eigenvalue weighted by Gasteiger charge is 2.34. The summed E-state index contributed by atoms with van der Waals surface area (Å²) < 4.78 is 13.0. The van der Waals surface area contributed by atoms with E-state index in [1.165, 1.54) is 0 Å². The first-order valence-corrected chi connectivity index (χ1v) is 7.58. The third-order valence-electron chi connectivity index (χ3n) is 4.15. The summed E-state index contributed by atoms with van der Waals surface area (Å²) in [6, 6.07) is 0. The van der Waals surface area contributed by atoms with E-state index in [4.69, 9.17) is 15.8 Å². The molecule has 10 heteroatoms. The molecule has 6 nitrogen and oxygen atoms in total. The minimum absolute atomic E-state index is 0. The maximum Gasteiger partial charge on any atom is 0.451 e. The Kier molecular flexibility index (Phi) is 13.4. The van der Waals surface area contributed by atoms with Gasteiger partial charge in [0.1, 0.15) is 11.7 Å². The Balaban J connectivity index is 0. The molecule has 5 N–H and O–H groups in total. The van der Waals surface area contributed by atoms with Crippen LogP contribution in [0.5, 0.6) is 0 Å². The fourth-order valence-corrected chi connectivity index (χ4v) is 2.59. The molecule has 0 amide bonds. The van der Waals surface area contributed by atoms with Crippen LogP contribution in [-0.4, -0.2) is 64.5 Å². The molecule has 0 radical (unpaired) electrons. The molecule has 0 saturated carbocycles. The molecule has 1 unspecified atom stereocenters. The Bertz CT molecular complexity index is 337. The van der Waals surface area contributed by atoms with Crippen LogP contribution in [0, 0.1) is 0 Å². The van der Waals surface area contributed by atoms with Gasteiger partial charge in [-0.1, -0.05) is 12.8 Å². The van der Waals surface area contributed by atoms with Crippen molar-refractivity contribution < 1.29 is 24.3 Å². The summed E-state index contributed by atoms with van der Waals surface area (Å²) >= 11 is 0. The fraction of sp³-hybridized carbons (Fsp3) is 0.923. The number of unbranched alkanes of at least 4 members (excludes halogenated alkanes) is 1. The Morgan fingerprint density at radius 3 is 2.26 bits per heavy atom. The van der Waals surface area contributed by atoms with Crippen molar-refractivity contribution >= 4 is 37.9 Å². The number of rotatable bonds is 9. The molecule has 0 aromatic carbocycles. The molecular formula is C13H28BCl2FN2O4. The summed E-state index contributed by atoms with van der Waals surface area (Å²) in [5.41, 5.74) is 4.68. The normalized spacial score (nSPS) is 18.4. The van der Waals surface area contributed by atoms with E-state index >= 15 is 0 Å². The standard InChI is InChI=1S/C13H26BFN2O4.2ClH/c15-11-3-8-17(9-4-11)10-6-13(16,12(18)19)5-1-2-7-14(20)21;;/h11,20-21H,1-10,16H2,(H,18,19);2*1H. The fourth-order valence-electron chi connectivity index (χ4n) is 2.59. The number of carboxylic acids is 1. The van der Waals surface area contributed by atoms with Crippen molar-refractivity contribution in [3.63, 3.8) is 0 Å². The third kappa shape index (κ3) is 9.69. The number of hydrogen-bond acceptors (Lipinski definition) is 5. The van der Waals surface area contributed by atoms with Gasteiger partial charge in [-0.05, 0) is 32.0 Å². The molecule has 0 bridgehead atoms. The SMILES string of the molecule is Cl.Cl.NC(CCCCB(O)O)(CCN1CCC(F)CC1)C(=O)O. The zero-order chi connectivity index (χ0) is 15.9. The van der Waals surface area contributed by atoms with Crippen LogP contribution in [0.2, 0.25) is 6.32 Å². The van der Waals surface area contributed by atoms with Crippen molar-refractivity contribution in [1.82, 2.24) is 4.90 Å².